The Morgan fingerprint density at radius 1 is 1.42 bits per heavy atom. The van der Waals surface area contributed by atoms with Gasteiger partial charge in [0.05, 0.1) is 6.42 Å². The van der Waals surface area contributed by atoms with Crippen LogP contribution in [0.1, 0.15) is 36.2 Å². The van der Waals surface area contributed by atoms with Crippen LogP contribution < -0.4 is 10.6 Å². The van der Waals surface area contributed by atoms with Crippen LogP contribution in [0.2, 0.25) is 0 Å². The van der Waals surface area contributed by atoms with E-state index in [-0.39, 0.29) is 17.1 Å². The van der Waals surface area contributed by atoms with Gasteiger partial charge in [0, 0.05) is 24.7 Å². The third-order valence-electron chi connectivity index (χ3n) is 3.67. The van der Waals surface area contributed by atoms with Gasteiger partial charge in [0.2, 0.25) is 5.91 Å². The van der Waals surface area contributed by atoms with Crippen molar-refractivity contribution in [2.75, 3.05) is 18.5 Å². The van der Waals surface area contributed by atoms with Crippen molar-refractivity contribution >= 4 is 17.4 Å². The number of fused-ring (bicyclic) bond motifs is 1. The number of carbonyl (C=O) groups is 2. The zero-order valence-electron chi connectivity index (χ0n) is 11.7. The Morgan fingerprint density at radius 2 is 2.11 bits per heavy atom. The molecule has 1 amide bonds. The number of Topliss-reactive ketones (excluding diaryl/α,β-unsaturated/α-hetero) is 1. The Balaban J connectivity index is 2.22. The lowest BCUT2D eigenvalue weighted by atomic mass is 9.85. The summed E-state index contributed by atoms with van der Waals surface area (Å²) in [4.78, 5) is 25.5. The van der Waals surface area contributed by atoms with Gasteiger partial charge in [-0.1, -0.05) is 13.8 Å². The van der Waals surface area contributed by atoms with Gasteiger partial charge in [0.15, 0.2) is 5.78 Å². The minimum absolute atomic E-state index is 0.0712. The maximum atomic E-state index is 12.2. The van der Waals surface area contributed by atoms with Gasteiger partial charge in [0.1, 0.15) is 0 Å². The molecule has 2 N–H and O–H groups in total. The maximum Gasteiger partial charge on any atom is 0.231 e. The minimum atomic E-state index is -0.192. The summed E-state index contributed by atoms with van der Waals surface area (Å²) in [5, 5.41) is 0. The predicted molar refractivity (Wildman–Crippen MR) is 75.3 cm³/mol. The number of hydrogen-bond acceptors (Lipinski definition) is 3. The van der Waals surface area contributed by atoms with Gasteiger partial charge >= 0.3 is 0 Å². The third kappa shape index (κ3) is 2.68. The van der Waals surface area contributed by atoms with Crippen LogP contribution >= 0.6 is 0 Å². The highest BCUT2D eigenvalue weighted by atomic mass is 16.2. The van der Waals surface area contributed by atoms with Crippen LogP contribution in [0.15, 0.2) is 18.2 Å². The van der Waals surface area contributed by atoms with E-state index in [0.29, 0.717) is 24.9 Å². The number of hydrogen-bond donors (Lipinski definition) is 1. The molecule has 0 saturated carbocycles. The number of nitrogens with two attached hydrogens (primary N) is 1. The van der Waals surface area contributed by atoms with E-state index in [9.17, 15) is 9.59 Å². The van der Waals surface area contributed by atoms with E-state index >= 15 is 0 Å². The Bertz CT molecular complexity index is 535. The molecule has 0 atom stereocenters. The average molecular weight is 260 g/mol. The topological polar surface area (TPSA) is 63.4 Å². The molecular formula is C15H20N2O2. The first kappa shape index (κ1) is 13.7. The van der Waals surface area contributed by atoms with Gasteiger partial charge in [-0.2, -0.15) is 0 Å². The van der Waals surface area contributed by atoms with Gasteiger partial charge in [-0.05, 0) is 35.7 Å². The molecule has 19 heavy (non-hydrogen) atoms. The summed E-state index contributed by atoms with van der Waals surface area (Å²) < 4.78 is 0. The predicted octanol–water partition coefficient (Wildman–Crippen LogP) is 1.76. The number of amides is 1. The first-order chi connectivity index (χ1) is 8.84. The van der Waals surface area contributed by atoms with E-state index in [4.69, 9.17) is 5.73 Å². The molecule has 1 aromatic rings. The van der Waals surface area contributed by atoms with Crippen LogP contribution in [0.25, 0.3) is 0 Å². The maximum absolute atomic E-state index is 12.2. The van der Waals surface area contributed by atoms with Crippen LogP contribution in [0.4, 0.5) is 5.69 Å². The largest absolute Gasteiger partial charge is 0.330 e. The zero-order chi connectivity index (χ0) is 14.2. The summed E-state index contributed by atoms with van der Waals surface area (Å²) in [6.07, 6.45) is 0.805. The molecule has 0 unspecified atom stereocenters. The SMILES string of the molecule is CN1C(=O)Cc2cc(C(=O)CC(C)(C)CN)ccc21. The average Bonchev–Trinajstić information content (AvgIpc) is 2.64. The fourth-order valence-corrected chi connectivity index (χ4v) is 2.25. The molecule has 0 aromatic heterocycles. The number of ketones is 1. The normalized spacial score (nSPS) is 14.7. The Morgan fingerprint density at radius 3 is 2.74 bits per heavy atom. The molecule has 4 nitrogen and oxygen atoms in total. The van der Waals surface area contributed by atoms with Crippen LogP contribution in [0.5, 0.6) is 0 Å². The van der Waals surface area contributed by atoms with Crippen molar-refractivity contribution in [1.82, 2.24) is 0 Å². The quantitative estimate of drug-likeness (QED) is 0.839. The van der Waals surface area contributed by atoms with E-state index in [1.165, 1.54) is 0 Å². The van der Waals surface area contributed by atoms with E-state index in [1.807, 2.05) is 26.0 Å². The van der Waals surface area contributed by atoms with Crippen LogP contribution in [-0.4, -0.2) is 25.3 Å². The second-order valence-electron chi connectivity index (χ2n) is 5.94. The number of anilines is 1. The second-order valence-corrected chi connectivity index (χ2v) is 5.94. The lowest BCUT2D eigenvalue weighted by Crippen LogP contribution is -2.26. The molecule has 4 heteroatoms. The Hall–Kier alpha value is -1.68. The highest BCUT2D eigenvalue weighted by Gasteiger charge is 2.26. The molecule has 1 aromatic carbocycles. The molecule has 0 radical (unpaired) electrons. The van der Waals surface area contributed by atoms with Crippen LogP contribution in [0, 0.1) is 5.41 Å². The highest BCUT2D eigenvalue weighted by molar-refractivity contribution is 6.03. The number of benzene rings is 1. The first-order valence-electron chi connectivity index (χ1n) is 6.47. The van der Waals surface area contributed by atoms with E-state index < -0.39 is 0 Å². The molecular weight excluding hydrogens is 240 g/mol. The van der Waals surface area contributed by atoms with Gasteiger partial charge in [-0.3, -0.25) is 9.59 Å². The van der Waals surface area contributed by atoms with Crippen molar-refractivity contribution in [2.24, 2.45) is 11.1 Å². The lowest BCUT2D eigenvalue weighted by Gasteiger charge is -2.21. The second kappa shape index (κ2) is 4.78. The third-order valence-corrected chi connectivity index (χ3v) is 3.67. The molecule has 0 aliphatic carbocycles. The molecule has 2 rings (SSSR count). The van der Waals surface area contributed by atoms with E-state index in [2.05, 4.69) is 0 Å². The van der Waals surface area contributed by atoms with Gasteiger partial charge < -0.3 is 10.6 Å². The zero-order valence-corrected chi connectivity index (χ0v) is 11.7. The molecule has 0 saturated heterocycles. The van der Waals surface area contributed by atoms with E-state index in [1.54, 1.807) is 18.0 Å². The van der Waals surface area contributed by atoms with Gasteiger partial charge in [-0.15, -0.1) is 0 Å². The van der Waals surface area contributed by atoms with Crippen molar-refractivity contribution in [3.05, 3.63) is 29.3 Å². The molecule has 1 heterocycles. The molecule has 0 bridgehead atoms. The Labute approximate surface area is 113 Å². The summed E-state index contributed by atoms with van der Waals surface area (Å²) in [7, 11) is 1.76. The molecule has 102 valence electrons. The molecule has 1 aliphatic rings. The van der Waals surface area contributed by atoms with Gasteiger partial charge in [-0.25, -0.2) is 0 Å². The molecule has 0 fully saturated rings. The summed E-state index contributed by atoms with van der Waals surface area (Å²) in [6, 6.07) is 5.48. The molecule has 0 spiro atoms. The smallest absolute Gasteiger partial charge is 0.231 e. The lowest BCUT2D eigenvalue weighted by molar-refractivity contribution is -0.117. The fraction of sp³-hybridized carbons (Fsp3) is 0.467. The first-order valence-corrected chi connectivity index (χ1v) is 6.47. The standard InChI is InChI=1S/C15H20N2O2/c1-15(2,9-16)8-13(18)10-4-5-12-11(6-10)7-14(19)17(12)3/h4-6H,7-9,16H2,1-3H3. The summed E-state index contributed by atoms with van der Waals surface area (Å²) in [5.41, 5.74) is 7.97. The van der Waals surface area contributed by atoms with Crippen molar-refractivity contribution in [3.63, 3.8) is 0 Å². The van der Waals surface area contributed by atoms with E-state index in [0.717, 1.165) is 11.3 Å². The van der Waals surface area contributed by atoms with Gasteiger partial charge in [0.25, 0.3) is 0 Å². The van der Waals surface area contributed by atoms with Crippen molar-refractivity contribution in [3.8, 4) is 0 Å². The summed E-state index contributed by atoms with van der Waals surface area (Å²) in [5.74, 6) is 0.155. The summed E-state index contributed by atoms with van der Waals surface area (Å²) >= 11 is 0. The monoisotopic (exact) mass is 260 g/mol. The number of likely N-dealkylation sites (N-methyl/N-ethyl adjacent to an activating group) is 1. The van der Waals surface area contributed by atoms with Crippen molar-refractivity contribution in [1.29, 1.82) is 0 Å². The minimum Gasteiger partial charge on any atom is -0.330 e. The Kier molecular flexibility index (Phi) is 3.45. The van der Waals surface area contributed by atoms with Crippen molar-refractivity contribution in [2.45, 2.75) is 26.7 Å². The van der Waals surface area contributed by atoms with Crippen LogP contribution in [0.3, 0.4) is 0 Å². The van der Waals surface area contributed by atoms with Crippen molar-refractivity contribution < 1.29 is 9.59 Å². The van der Waals surface area contributed by atoms with Crippen LogP contribution in [-0.2, 0) is 11.2 Å². The number of rotatable bonds is 4. The molecule has 1 aliphatic heterocycles. The number of carbonyl (C=O) groups excluding carboxylic acids is 2. The number of nitrogens with zero attached hydrogens (tertiary/aromatic N) is 1. The fourth-order valence-electron chi connectivity index (χ4n) is 2.25. The summed E-state index contributed by atoms with van der Waals surface area (Å²) in [6.45, 7) is 4.44. The highest BCUT2D eigenvalue weighted by Crippen LogP contribution is 2.29.